The Morgan fingerprint density at radius 3 is 2.59 bits per heavy atom. The lowest BCUT2D eigenvalue weighted by atomic mass is 9.92. The maximum absolute atomic E-state index is 13.3. The lowest BCUT2D eigenvalue weighted by molar-refractivity contribution is 0.102. The molecule has 1 aliphatic carbocycles. The second-order valence-electron chi connectivity index (χ2n) is 11.0. The number of ether oxygens (including phenoxy) is 1. The lowest BCUT2D eigenvalue weighted by Gasteiger charge is -2.14. The van der Waals surface area contributed by atoms with E-state index in [0.29, 0.717) is 34.9 Å². The molecule has 5 aromatic rings. The van der Waals surface area contributed by atoms with Crippen LogP contribution >= 0.6 is 0 Å². The maximum Gasteiger partial charge on any atom is 0.256 e. The predicted molar refractivity (Wildman–Crippen MR) is 151 cm³/mol. The van der Waals surface area contributed by atoms with Gasteiger partial charge in [-0.3, -0.25) is 9.20 Å². The fourth-order valence-corrected chi connectivity index (χ4v) is 4.28. The van der Waals surface area contributed by atoms with Gasteiger partial charge in [0.1, 0.15) is 11.6 Å². The van der Waals surface area contributed by atoms with Gasteiger partial charge in [-0.2, -0.15) is 10.1 Å². The topological polar surface area (TPSA) is 98.4 Å². The second kappa shape index (κ2) is 9.58. The molecule has 1 fully saturated rings. The van der Waals surface area contributed by atoms with Crippen LogP contribution in [0.25, 0.3) is 11.3 Å². The number of carbonyl (C=O) groups is 1. The predicted octanol–water partition coefficient (Wildman–Crippen LogP) is 6.14. The Labute approximate surface area is 226 Å². The average molecular weight is 522 g/mol. The summed E-state index contributed by atoms with van der Waals surface area (Å²) in [5.74, 6) is 2.17. The van der Waals surface area contributed by atoms with Crippen LogP contribution in [0.15, 0.2) is 73.2 Å². The summed E-state index contributed by atoms with van der Waals surface area (Å²) < 4.78 is 9.82. The maximum atomic E-state index is 13.3. The Morgan fingerprint density at radius 1 is 1.08 bits per heavy atom. The minimum atomic E-state index is -0.226. The van der Waals surface area contributed by atoms with Crippen molar-refractivity contribution < 1.29 is 9.53 Å². The fraction of sp³-hybridized carbons (Fsp3) is 0.267. The van der Waals surface area contributed by atoms with Gasteiger partial charge in [0, 0.05) is 35.5 Å². The monoisotopic (exact) mass is 521 g/mol. The van der Waals surface area contributed by atoms with E-state index in [1.165, 1.54) is 0 Å². The Morgan fingerprint density at radius 2 is 1.87 bits per heavy atom. The molecule has 6 rings (SSSR count). The summed E-state index contributed by atoms with van der Waals surface area (Å²) in [6.07, 6.45) is 7.68. The Balaban J connectivity index is 1.24. The number of imidazole rings is 1. The highest BCUT2D eigenvalue weighted by atomic mass is 16.5. The van der Waals surface area contributed by atoms with Gasteiger partial charge in [0.05, 0.1) is 17.6 Å². The van der Waals surface area contributed by atoms with Gasteiger partial charge in [-0.05, 0) is 55.7 Å². The molecule has 3 aromatic heterocycles. The van der Waals surface area contributed by atoms with Gasteiger partial charge in [-0.15, -0.1) is 0 Å². The van der Waals surface area contributed by atoms with Gasteiger partial charge in [0.2, 0.25) is 5.88 Å². The summed E-state index contributed by atoms with van der Waals surface area (Å²) >= 11 is 0. The van der Waals surface area contributed by atoms with E-state index in [1.54, 1.807) is 29.2 Å². The highest BCUT2D eigenvalue weighted by Crippen LogP contribution is 2.31. The minimum Gasteiger partial charge on any atom is -0.437 e. The number of nitrogens with one attached hydrogen (secondary N) is 2. The van der Waals surface area contributed by atoms with Crippen LogP contribution in [0.1, 0.15) is 55.2 Å². The van der Waals surface area contributed by atoms with Crippen LogP contribution < -0.4 is 15.4 Å². The fourth-order valence-electron chi connectivity index (χ4n) is 4.28. The lowest BCUT2D eigenvalue weighted by Crippen LogP contribution is -2.15. The Kier molecular flexibility index (Phi) is 6.06. The van der Waals surface area contributed by atoms with E-state index in [4.69, 9.17) is 9.84 Å². The molecular weight excluding hydrogens is 490 g/mol. The van der Waals surface area contributed by atoms with Crippen molar-refractivity contribution in [1.82, 2.24) is 24.1 Å². The van der Waals surface area contributed by atoms with Crippen LogP contribution in [0.4, 0.5) is 11.6 Å². The number of fused-ring (bicyclic) bond motifs is 1. The smallest absolute Gasteiger partial charge is 0.256 e. The van der Waals surface area contributed by atoms with Gasteiger partial charge < -0.3 is 15.4 Å². The van der Waals surface area contributed by atoms with Gasteiger partial charge in [-0.25, -0.2) is 9.67 Å². The quantitative estimate of drug-likeness (QED) is 0.267. The summed E-state index contributed by atoms with van der Waals surface area (Å²) in [5.41, 5.74) is 3.70. The molecule has 0 atom stereocenters. The summed E-state index contributed by atoms with van der Waals surface area (Å²) in [5, 5.41) is 11.3. The first kappa shape index (κ1) is 24.7. The Bertz CT molecular complexity index is 1660. The summed E-state index contributed by atoms with van der Waals surface area (Å²) in [4.78, 5) is 22.4. The zero-order valence-electron chi connectivity index (χ0n) is 22.5. The molecule has 0 radical (unpaired) electrons. The number of amides is 1. The van der Waals surface area contributed by atoms with Crippen LogP contribution in [-0.4, -0.2) is 36.1 Å². The van der Waals surface area contributed by atoms with Crippen LogP contribution in [0, 0.1) is 6.92 Å². The highest BCUT2D eigenvalue weighted by Gasteiger charge is 2.24. The number of hydrogen-bond donors (Lipinski definition) is 2. The van der Waals surface area contributed by atoms with Crippen molar-refractivity contribution in [1.29, 1.82) is 0 Å². The van der Waals surface area contributed by atoms with Crippen molar-refractivity contribution in [2.24, 2.45) is 0 Å². The van der Waals surface area contributed by atoms with E-state index in [0.717, 1.165) is 35.4 Å². The first-order valence-electron chi connectivity index (χ1n) is 13.1. The molecule has 2 N–H and O–H groups in total. The molecule has 0 bridgehead atoms. The van der Waals surface area contributed by atoms with Crippen molar-refractivity contribution in [2.75, 3.05) is 10.6 Å². The molecule has 198 valence electrons. The number of benzene rings is 2. The molecule has 39 heavy (non-hydrogen) atoms. The summed E-state index contributed by atoms with van der Waals surface area (Å²) in [7, 11) is 0. The van der Waals surface area contributed by atoms with Crippen LogP contribution in [0.5, 0.6) is 11.6 Å². The molecule has 0 unspecified atom stereocenters. The van der Waals surface area contributed by atoms with Crippen molar-refractivity contribution in [2.45, 2.75) is 52.0 Å². The average Bonchev–Trinajstić information content (AvgIpc) is 3.41. The first-order valence-corrected chi connectivity index (χ1v) is 13.1. The van der Waals surface area contributed by atoms with E-state index in [-0.39, 0.29) is 11.3 Å². The number of aromatic nitrogens is 5. The van der Waals surface area contributed by atoms with E-state index in [1.807, 2.05) is 60.0 Å². The highest BCUT2D eigenvalue weighted by molar-refractivity contribution is 6.04. The third-order valence-corrected chi connectivity index (χ3v) is 6.64. The molecule has 0 saturated heterocycles. The normalized spacial score (nSPS) is 13.4. The van der Waals surface area contributed by atoms with E-state index < -0.39 is 0 Å². The number of anilines is 2. The van der Waals surface area contributed by atoms with Crippen molar-refractivity contribution in [3.05, 3.63) is 90.0 Å². The van der Waals surface area contributed by atoms with Crippen molar-refractivity contribution >= 4 is 23.2 Å². The largest absolute Gasteiger partial charge is 0.437 e. The minimum absolute atomic E-state index is 0.170. The molecular formula is C30H31N7O2. The van der Waals surface area contributed by atoms with Crippen LogP contribution in [0.3, 0.4) is 0 Å². The molecule has 1 aliphatic rings. The van der Waals surface area contributed by atoms with Gasteiger partial charge in [0.15, 0.2) is 11.5 Å². The third-order valence-electron chi connectivity index (χ3n) is 6.64. The molecule has 1 saturated carbocycles. The molecule has 0 aliphatic heterocycles. The van der Waals surface area contributed by atoms with Gasteiger partial charge >= 0.3 is 0 Å². The zero-order chi connectivity index (χ0) is 27.1. The standard InChI is InChI=1S/C30H31N7O2/c1-19-16-20(29(38)33-25-17-24(30(2,3)4)35-37(25)22-8-6-5-7-9-22)10-13-23(19)39-26-18-36-15-14-31-28(36)27(34-26)32-21-11-12-21/h5-10,13-18,21H,11-12H2,1-4H3,(H,32,34)(H,33,38). The van der Waals surface area contributed by atoms with Crippen LogP contribution in [0.2, 0.25) is 0 Å². The number of rotatable bonds is 7. The molecule has 2 aromatic carbocycles. The molecule has 0 spiro atoms. The van der Waals surface area contributed by atoms with Crippen molar-refractivity contribution in [3.63, 3.8) is 0 Å². The van der Waals surface area contributed by atoms with Crippen LogP contribution in [-0.2, 0) is 5.41 Å². The zero-order valence-corrected chi connectivity index (χ0v) is 22.5. The summed E-state index contributed by atoms with van der Waals surface area (Å²) in [6, 6.07) is 17.5. The number of nitrogens with zero attached hydrogens (tertiary/aromatic N) is 5. The SMILES string of the molecule is Cc1cc(C(=O)Nc2cc(C(C)(C)C)nn2-c2ccccc2)ccc1Oc1cn2ccnc2c(NC2CC2)n1. The molecule has 1 amide bonds. The number of para-hydroxylation sites is 1. The van der Waals surface area contributed by atoms with E-state index in [9.17, 15) is 4.79 Å². The van der Waals surface area contributed by atoms with E-state index >= 15 is 0 Å². The van der Waals surface area contributed by atoms with E-state index in [2.05, 4.69) is 41.4 Å². The second-order valence-corrected chi connectivity index (χ2v) is 11.0. The summed E-state index contributed by atoms with van der Waals surface area (Å²) in [6.45, 7) is 8.21. The number of hydrogen-bond acceptors (Lipinski definition) is 6. The molecule has 3 heterocycles. The van der Waals surface area contributed by atoms with Gasteiger partial charge in [0.25, 0.3) is 5.91 Å². The number of aryl methyl sites for hydroxylation is 1. The third kappa shape index (κ3) is 5.20. The first-order chi connectivity index (χ1) is 18.7. The number of carbonyl (C=O) groups excluding carboxylic acids is 1. The molecule has 9 nitrogen and oxygen atoms in total. The van der Waals surface area contributed by atoms with Crippen molar-refractivity contribution in [3.8, 4) is 17.3 Å². The molecule has 9 heteroatoms. The van der Waals surface area contributed by atoms with Gasteiger partial charge in [-0.1, -0.05) is 39.0 Å². The Hall–Kier alpha value is -4.66.